The van der Waals surface area contributed by atoms with Crippen molar-refractivity contribution in [1.29, 1.82) is 0 Å². The molecule has 2 aliphatic carbocycles. The Balaban J connectivity index is 0.000000247. The molecule has 22 heteroatoms. The van der Waals surface area contributed by atoms with Crippen LogP contribution in [0.5, 0.6) is 11.8 Å². The molecule has 0 spiro atoms. The maximum absolute atomic E-state index is 14.1. The molecule has 2 aromatic heterocycles. The van der Waals surface area contributed by atoms with Gasteiger partial charge in [-0.05, 0) is 165 Å². The third-order valence-electron chi connectivity index (χ3n) is 15.9. The quantitative estimate of drug-likeness (QED) is 0.0195. The molecule has 0 saturated carbocycles. The van der Waals surface area contributed by atoms with Crippen LogP contribution in [0.3, 0.4) is 0 Å². The summed E-state index contributed by atoms with van der Waals surface area (Å²) in [6, 6.07) is 8.08. The van der Waals surface area contributed by atoms with Gasteiger partial charge in [-0.2, -0.15) is 0 Å². The number of nitrogens with one attached hydrogen (secondary N) is 1. The van der Waals surface area contributed by atoms with Crippen molar-refractivity contribution in [3.8, 4) is 34.0 Å². The Morgan fingerprint density at radius 1 is 0.341 bits per heavy atom. The zero-order chi connectivity index (χ0) is 61.0. The van der Waals surface area contributed by atoms with Gasteiger partial charge < -0.3 is 51.3 Å². The zero-order valence-electron chi connectivity index (χ0n) is 48.8. The second-order valence-electron chi connectivity index (χ2n) is 21.9. The summed E-state index contributed by atoms with van der Waals surface area (Å²) in [6.45, 7) is 2.52. The van der Waals surface area contributed by atoms with Crippen LogP contribution in [-0.2, 0) is 26.2 Å². The van der Waals surface area contributed by atoms with Crippen molar-refractivity contribution in [3.63, 3.8) is 0 Å². The molecule has 2 aromatic carbocycles. The lowest BCUT2D eigenvalue weighted by molar-refractivity contribution is 0.280. The van der Waals surface area contributed by atoms with Gasteiger partial charge in [-0.15, -0.1) is 0 Å². The van der Waals surface area contributed by atoms with E-state index in [1.54, 1.807) is 30.3 Å². The fraction of sp³-hybridized carbons (Fsp3) is 0.556. The van der Waals surface area contributed by atoms with Crippen LogP contribution in [0.15, 0.2) is 69.1 Å². The van der Waals surface area contributed by atoms with Crippen molar-refractivity contribution in [2.45, 2.75) is 161 Å². The number of aromatic nitrogens is 4. The van der Waals surface area contributed by atoms with Crippen LogP contribution in [0.2, 0.25) is 0 Å². The van der Waals surface area contributed by atoms with Crippen molar-refractivity contribution >= 4 is 48.8 Å². The van der Waals surface area contributed by atoms with Crippen molar-refractivity contribution < 1.29 is 46.0 Å². The lowest BCUT2D eigenvalue weighted by atomic mass is 9.89. The summed E-state index contributed by atoms with van der Waals surface area (Å²) in [4.78, 5) is 92.4. The SMILES string of the molecule is O=c1c2c(=NCCCCCO)cc3c(=O)n(CCCCCO)c(=O)c4ccc(c(O)n1CCCCCO)c2c4-3.O=c1c2cc(NCCCCCO)c3c4c2c(c(O)n1CCCCCO)c(=NCCCCCO)cc-4c(=O)n(CCCCCO)c3=O. The van der Waals surface area contributed by atoms with Crippen LogP contribution >= 0.6 is 0 Å². The molecule has 4 aliphatic rings. The number of rotatable bonds is 36. The summed E-state index contributed by atoms with van der Waals surface area (Å²) in [6.07, 6.45) is 13.5. The summed E-state index contributed by atoms with van der Waals surface area (Å²) < 4.78 is 5.05. The second kappa shape index (κ2) is 32.5. The maximum atomic E-state index is 14.1. The summed E-state index contributed by atoms with van der Waals surface area (Å²) in [5.41, 5.74) is -1.12. The molecule has 85 heavy (non-hydrogen) atoms. The minimum Gasteiger partial charge on any atom is -0.494 e. The fourth-order valence-electron chi connectivity index (χ4n) is 11.5. The van der Waals surface area contributed by atoms with E-state index in [4.69, 9.17) is 20.3 Å². The van der Waals surface area contributed by atoms with Crippen molar-refractivity contribution in [1.82, 2.24) is 18.3 Å². The van der Waals surface area contributed by atoms with Gasteiger partial charge in [0.15, 0.2) is 0 Å². The molecule has 0 radical (unpaired) electrons. The Hall–Kier alpha value is -6.92. The van der Waals surface area contributed by atoms with Crippen LogP contribution in [0, 0.1) is 0 Å². The van der Waals surface area contributed by atoms with Gasteiger partial charge in [0.25, 0.3) is 33.4 Å². The maximum Gasteiger partial charge on any atom is 0.263 e. The first-order valence-electron chi connectivity index (χ1n) is 30.5. The van der Waals surface area contributed by atoms with E-state index in [2.05, 4.69) is 10.3 Å². The Bertz CT molecular complexity index is 3880. The molecule has 0 atom stereocenters. The van der Waals surface area contributed by atoms with Gasteiger partial charge in [0.1, 0.15) is 0 Å². The van der Waals surface area contributed by atoms with Gasteiger partial charge in [-0.25, -0.2) is 0 Å². The first-order valence-corrected chi connectivity index (χ1v) is 30.5. The van der Waals surface area contributed by atoms with Crippen LogP contribution in [0.4, 0.5) is 5.69 Å². The van der Waals surface area contributed by atoms with E-state index in [-0.39, 0.29) is 111 Å². The first kappa shape index (κ1) is 65.6. The predicted molar refractivity (Wildman–Crippen MR) is 330 cm³/mol. The molecular weight excluding hydrogens is 1090 g/mol. The highest BCUT2D eigenvalue weighted by Crippen LogP contribution is 2.41. The van der Waals surface area contributed by atoms with E-state index in [1.807, 2.05) is 0 Å². The van der Waals surface area contributed by atoms with Crippen LogP contribution in [0.25, 0.3) is 65.3 Å². The first-order chi connectivity index (χ1) is 41.4. The Kier molecular flexibility index (Phi) is 25.1. The normalized spacial score (nSPS) is 12.5. The number of hydrogen-bond acceptors (Lipinski definition) is 18. The average Bonchev–Trinajstić information content (AvgIpc) is 0.807. The molecule has 22 nitrogen and oxygen atoms in total. The van der Waals surface area contributed by atoms with Gasteiger partial charge in [0, 0.05) is 130 Å². The van der Waals surface area contributed by atoms with Crippen molar-refractivity contribution in [2.24, 2.45) is 9.98 Å². The van der Waals surface area contributed by atoms with Crippen molar-refractivity contribution in [3.05, 3.63) is 103 Å². The van der Waals surface area contributed by atoms with Gasteiger partial charge in [-0.1, -0.05) is 0 Å². The summed E-state index contributed by atoms with van der Waals surface area (Å²) in [5.74, 6) is -0.496. The van der Waals surface area contributed by atoms with Crippen LogP contribution in [0.1, 0.15) is 135 Å². The van der Waals surface area contributed by atoms with E-state index >= 15 is 0 Å². The third kappa shape index (κ3) is 14.8. The zero-order valence-corrected chi connectivity index (χ0v) is 48.8. The standard InChI is InChI=1S/C34H48N4O8.C29H37N3O7/c39-17-9-1-5-13-35-25-21-23-28-27-24(32(44)37(33(45)29(25)27)15-7-3-11-19-41)22-26(36-14-6-2-10-18-40)30(28)34(46)38(31(23)43)16-8-4-12-20-42;33-15-7-1-4-12-30-22-18-21-23-19(26(36)31(28(21)38)13-5-2-8-16-34)10-11-20-24(23)25(22)29(39)32(27(20)37)14-6-3-9-17-35/h21-22,35,39-42,46H,1-20H2;10-11,18,33-35,37H,1-9,12-17H2. The highest BCUT2D eigenvalue weighted by Gasteiger charge is 2.30. The molecule has 462 valence electrons. The highest BCUT2D eigenvalue weighted by molar-refractivity contribution is 6.19. The number of benzene rings is 4. The molecular formula is C63H85N7O15. The van der Waals surface area contributed by atoms with Gasteiger partial charge in [0.05, 0.1) is 43.4 Å². The molecule has 0 unspecified atom stereocenters. The predicted octanol–water partition coefficient (Wildman–Crippen LogP) is 4.08. The van der Waals surface area contributed by atoms with Gasteiger partial charge >= 0.3 is 0 Å². The number of aliphatic hydroxyl groups excluding tert-OH is 7. The topological polar surface area (TPSA) is 341 Å². The summed E-state index contributed by atoms with van der Waals surface area (Å²) in [5, 5.41) is 93.4. The second-order valence-corrected chi connectivity index (χ2v) is 21.9. The van der Waals surface area contributed by atoms with Crippen molar-refractivity contribution in [2.75, 3.05) is 71.2 Å². The fourth-order valence-corrected chi connectivity index (χ4v) is 11.5. The minimum atomic E-state index is -0.491. The van der Waals surface area contributed by atoms with Gasteiger partial charge in [0.2, 0.25) is 11.8 Å². The minimum absolute atomic E-state index is 0.0234. The number of pyridine rings is 4. The molecule has 4 heterocycles. The number of anilines is 1. The van der Waals surface area contributed by atoms with E-state index in [9.17, 15) is 59.4 Å². The van der Waals surface area contributed by atoms with Gasteiger partial charge in [-0.3, -0.25) is 57.0 Å². The van der Waals surface area contributed by atoms with E-state index in [0.717, 1.165) is 25.7 Å². The summed E-state index contributed by atoms with van der Waals surface area (Å²) in [7, 11) is 0. The highest BCUT2D eigenvalue weighted by atomic mass is 16.3. The Morgan fingerprint density at radius 2 is 0.729 bits per heavy atom. The Labute approximate surface area is 490 Å². The molecule has 2 aliphatic heterocycles. The molecule has 0 saturated heterocycles. The lowest BCUT2D eigenvalue weighted by Crippen LogP contribution is -2.37. The molecule has 0 amide bonds. The molecule has 4 aromatic rings. The monoisotopic (exact) mass is 1180 g/mol. The van der Waals surface area contributed by atoms with E-state index < -0.39 is 33.4 Å². The van der Waals surface area contributed by atoms with E-state index in [0.29, 0.717) is 183 Å². The number of hydrogen-bond donors (Lipinski definition) is 10. The number of nitrogens with zero attached hydrogens (tertiary/aromatic N) is 6. The third-order valence-corrected chi connectivity index (χ3v) is 15.9. The number of unbranched alkanes of at least 4 members (excludes halogenated alkanes) is 14. The average molecular weight is 1180 g/mol. The molecule has 0 fully saturated rings. The van der Waals surface area contributed by atoms with Crippen LogP contribution in [-0.4, -0.2) is 130 Å². The Morgan fingerprint density at radius 3 is 1.24 bits per heavy atom. The lowest BCUT2D eigenvalue weighted by Gasteiger charge is -2.22. The molecule has 10 N–H and O–H groups in total. The molecule has 0 bridgehead atoms. The smallest absolute Gasteiger partial charge is 0.263 e. The number of aromatic hydroxyl groups is 2. The van der Waals surface area contributed by atoms with E-state index in [1.165, 1.54) is 18.3 Å². The largest absolute Gasteiger partial charge is 0.494 e. The molecule has 8 rings (SSSR count). The number of aliphatic hydroxyl groups is 7. The summed E-state index contributed by atoms with van der Waals surface area (Å²) >= 11 is 0. The van der Waals surface area contributed by atoms with Crippen LogP contribution < -0.4 is 49.4 Å².